The number of benzene rings is 1. The average molecular weight is 399 g/mol. The Morgan fingerprint density at radius 3 is 2.54 bits per heavy atom. The van der Waals surface area contributed by atoms with Crippen LogP contribution in [0.1, 0.15) is 41.9 Å². The molecular weight excluding hydrogens is 372 g/mol. The van der Waals surface area contributed by atoms with Crippen molar-refractivity contribution in [3.05, 3.63) is 51.9 Å². The van der Waals surface area contributed by atoms with E-state index in [1.54, 1.807) is 0 Å². The number of hydrogen-bond acceptors (Lipinski definition) is 4. The Kier molecular flexibility index (Phi) is 5.54. The van der Waals surface area contributed by atoms with Crippen molar-refractivity contribution >= 4 is 23.3 Å². The third-order valence-electron chi connectivity index (χ3n) is 5.92. The van der Waals surface area contributed by atoms with Crippen LogP contribution < -0.4 is 4.90 Å². The highest BCUT2D eigenvalue weighted by Gasteiger charge is 2.32. The zero-order chi connectivity index (χ0) is 19.7. The van der Waals surface area contributed by atoms with Crippen molar-refractivity contribution in [2.24, 2.45) is 5.92 Å². The van der Waals surface area contributed by atoms with Crippen molar-refractivity contribution in [3.63, 3.8) is 0 Å². The van der Waals surface area contributed by atoms with Gasteiger partial charge in [-0.3, -0.25) is 4.79 Å². The molecule has 0 unspecified atom stereocenters. The maximum Gasteiger partial charge on any atom is 0.225 e. The second-order valence-electron chi connectivity index (χ2n) is 7.91. The number of rotatable bonds is 4. The molecule has 0 atom stereocenters. The van der Waals surface area contributed by atoms with E-state index < -0.39 is 0 Å². The molecule has 148 valence electrons. The van der Waals surface area contributed by atoms with Crippen LogP contribution in [-0.2, 0) is 11.2 Å². The van der Waals surface area contributed by atoms with Gasteiger partial charge in [0.05, 0.1) is 0 Å². The first-order valence-electron chi connectivity index (χ1n) is 10.1. The molecule has 2 aliphatic rings. The maximum absolute atomic E-state index is 12.5. The molecule has 0 radical (unpaired) electrons. The number of hydrogen-bond donors (Lipinski definition) is 0. The van der Waals surface area contributed by atoms with E-state index in [4.69, 9.17) is 16.6 Å². The van der Waals surface area contributed by atoms with E-state index in [9.17, 15) is 4.79 Å². The predicted octanol–water partition coefficient (Wildman–Crippen LogP) is 3.79. The van der Waals surface area contributed by atoms with Gasteiger partial charge in [0, 0.05) is 54.8 Å². The standard InChI is InChI=1S/C22H27ClN4O/c1-15-20(14-17-5-3-8-19(23)13-17)21(25-16(2)24-15)26-9-11-27(12-10-26)22(28)18-6-4-7-18/h3,5,8,13,18H,4,6-7,9-12,14H2,1-2H3. The monoisotopic (exact) mass is 398 g/mol. The van der Waals surface area contributed by atoms with Crippen molar-refractivity contribution in [1.82, 2.24) is 14.9 Å². The molecule has 1 saturated carbocycles. The van der Waals surface area contributed by atoms with Gasteiger partial charge in [0.1, 0.15) is 11.6 Å². The number of aromatic nitrogens is 2. The second-order valence-corrected chi connectivity index (χ2v) is 8.34. The Labute approximate surface area is 171 Å². The topological polar surface area (TPSA) is 49.3 Å². The molecule has 4 rings (SSSR count). The lowest BCUT2D eigenvalue weighted by atomic mass is 9.84. The van der Waals surface area contributed by atoms with Gasteiger partial charge in [0.2, 0.25) is 5.91 Å². The highest BCUT2D eigenvalue weighted by molar-refractivity contribution is 6.30. The third kappa shape index (κ3) is 4.00. The molecule has 1 aliphatic carbocycles. The van der Waals surface area contributed by atoms with Crippen LogP contribution >= 0.6 is 11.6 Å². The highest BCUT2D eigenvalue weighted by Crippen LogP contribution is 2.30. The number of nitrogens with zero attached hydrogens (tertiary/aromatic N) is 4. The van der Waals surface area contributed by atoms with Crippen LogP contribution in [0.25, 0.3) is 0 Å². The molecule has 0 bridgehead atoms. The molecule has 1 amide bonds. The molecule has 2 heterocycles. The van der Waals surface area contributed by atoms with Gasteiger partial charge in [0.25, 0.3) is 0 Å². The fraction of sp³-hybridized carbons (Fsp3) is 0.500. The molecule has 1 saturated heterocycles. The summed E-state index contributed by atoms with van der Waals surface area (Å²) in [7, 11) is 0. The van der Waals surface area contributed by atoms with Gasteiger partial charge in [-0.1, -0.05) is 30.2 Å². The molecule has 5 nitrogen and oxygen atoms in total. The number of halogens is 1. The van der Waals surface area contributed by atoms with E-state index in [2.05, 4.69) is 22.9 Å². The number of carbonyl (C=O) groups excluding carboxylic acids is 1. The number of carbonyl (C=O) groups is 1. The quantitative estimate of drug-likeness (QED) is 0.786. The largest absolute Gasteiger partial charge is 0.353 e. The zero-order valence-electron chi connectivity index (χ0n) is 16.6. The Balaban J connectivity index is 1.53. The van der Waals surface area contributed by atoms with Gasteiger partial charge < -0.3 is 9.80 Å². The summed E-state index contributed by atoms with van der Waals surface area (Å²) in [5.74, 6) is 2.41. The molecule has 1 aliphatic heterocycles. The van der Waals surface area contributed by atoms with Crippen LogP contribution in [0.5, 0.6) is 0 Å². The normalized spacial score (nSPS) is 17.5. The lowest BCUT2D eigenvalue weighted by Crippen LogP contribution is -2.51. The van der Waals surface area contributed by atoms with Gasteiger partial charge in [-0.2, -0.15) is 0 Å². The molecule has 6 heteroatoms. The molecule has 1 aromatic heterocycles. The molecular formula is C22H27ClN4O. The lowest BCUT2D eigenvalue weighted by molar-refractivity contribution is -0.138. The van der Waals surface area contributed by atoms with Crippen LogP contribution in [0.3, 0.4) is 0 Å². The fourth-order valence-electron chi connectivity index (χ4n) is 4.09. The summed E-state index contributed by atoms with van der Waals surface area (Å²) < 4.78 is 0. The van der Waals surface area contributed by atoms with Crippen LogP contribution in [0.4, 0.5) is 5.82 Å². The summed E-state index contributed by atoms with van der Waals surface area (Å²) in [4.78, 5) is 26.3. The summed E-state index contributed by atoms with van der Waals surface area (Å²) >= 11 is 6.17. The van der Waals surface area contributed by atoms with Crippen molar-refractivity contribution in [2.45, 2.75) is 39.5 Å². The van der Waals surface area contributed by atoms with Crippen LogP contribution in [-0.4, -0.2) is 47.0 Å². The van der Waals surface area contributed by atoms with Gasteiger partial charge in [0.15, 0.2) is 0 Å². The Bertz CT molecular complexity index is 873. The van der Waals surface area contributed by atoms with Crippen LogP contribution in [0.2, 0.25) is 5.02 Å². The van der Waals surface area contributed by atoms with E-state index in [0.29, 0.717) is 5.91 Å². The van der Waals surface area contributed by atoms with E-state index in [1.165, 1.54) is 6.42 Å². The number of amides is 1. The molecule has 0 spiro atoms. The second kappa shape index (κ2) is 8.08. The minimum atomic E-state index is 0.272. The minimum absolute atomic E-state index is 0.272. The lowest BCUT2D eigenvalue weighted by Gasteiger charge is -2.39. The zero-order valence-corrected chi connectivity index (χ0v) is 17.4. The molecule has 2 aromatic rings. The van der Waals surface area contributed by atoms with Crippen molar-refractivity contribution in [1.29, 1.82) is 0 Å². The molecule has 0 N–H and O–H groups in total. The Morgan fingerprint density at radius 2 is 1.89 bits per heavy atom. The van der Waals surface area contributed by atoms with Crippen LogP contribution in [0.15, 0.2) is 24.3 Å². The maximum atomic E-state index is 12.5. The van der Waals surface area contributed by atoms with Crippen LogP contribution in [0, 0.1) is 19.8 Å². The first-order chi connectivity index (χ1) is 13.5. The van der Waals surface area contributed by atoms with Gasteiger partial charge >= 0.3 is 0 Å². The number of piperazine rings is 1. The summed E-state index contributed by atoms with van der Waals surface area (Å²) in [6, 6.07) is 7.96. The minimum Gasteiger partial charge on any atom is -0.353 e. The highest BCUT2D eigenvalue weighted by atomic mass is 35.5. The molecule has 1 aromatic carbocycles. The van der Waals surface area contributed by atoms with Gasteiger partial charge in [-0.05, 0) is 44.4 Å². The molecule has 2 fully saturated rings. The van der Waals surface area contributed by atoms with E-state index in [0.717, 1.165) is 78.9 Å². The Hall–Kier alpha value is -2.14. The van der Waals surface area contributed by atoms with Gasteiger partial charge in [-0.25, -0.2) is 9.97 Å². The van der Waals surface area contributed by atoms with Gasteiger partial charge in [-0.15, -0.1) is 0 Å². The van der Waals surface area contributed by atoms with E-state index >= 15 is 0 Å². The molecule has 28 heavy (non-hydrogen) atoms. The summed E-state index contributed by atoms with van der Waals surface area (Å²) in [6.45, 7) is 7.17. The first kappa shape index (κ1) is 19.2. The van der Waals surface area contributed by atoms with E-state index in [-0.39, 0.29) is 5.92 Å². The van der Waals surface area contributed by atoms with Crippen molar-refractivity contribution in [3.8, 4) is 0 Å². The first-order valence-corrected chi connectivity index (χ1v) is 10.5. The average Bonchev–Trinajstić information content (AvgIpc) is 2.62. The van der Waals surface area contributed by atoms with Crippen molar-refractivity contribution in [2.75, 3.05) is 31.1 Å². The van der Waals surface area contributed by atoms with Crippen molar-refractivity contribution < 1.29 is 4.79 Å². The predicted molar refractivity (Wildman–Crippen MR) is 112 cm³/mol. The Morgan fingerprint density at radius 1 is 1.14 bits per heavy atom. The summed E-state index contributed by atoms with van der Waals surface area (Å²) in [5.41, 5.74) is 3.31. The number of anilines is 1. The summed E-state index contributed by atoms with van der Waals surface area (Å²) in [5, 5.41) is 0.743. The third-order valence-corrected chi connectivity index (χ3v) is 6.15. The SMILES string of the molecule is Cc1nc(C)c(Cc2cccc(Cl)c2)c(N2CCN(C(=O)C3CCC3)CC2)n1. The number of aryl methyl sites for hydroxylation is 2. The fourth-order valence-corrected chi connectivity index (χ4v) is 4.30. The smallest absolute Gasteiger partial charge is 0.225 e. The van der Waals surface area contributed by atoms with E-state index in [1.807, 2.05) is 30.0 Å². The summed E-state index contributed by atoms with van der Waals surface area (Å²) in [6.07, 6.45) is 4.08.